The van der Waals surface area contributed by atoms with Crippen molar-refractivity contribution in [3.8, 4) is 34.0 Å². The third-order valence-corrected chi connectivity index (χ3v) is 22.4. The summed E-state index contributed by atoms with van der Waals surface area (Å²) >= 11 is 0. The molecule has 97 heavy (non-hydrogen) atoms. The lowest BCUT2D eigenvalue weighted by molar-refractivity contribution is -0.149. The first-order chi connectivity index (χ1) is 46.1. The number of amides is 5. The number of hydrogen-bond acceptors (Lipinski definition) is 13. The van der Waals surface area contributed by atoms with Crippen molar-refractivity contribution in [3.63, 3.8) is 0 Å². The summed E-state index contributed by atoms with van der Waals surface area (Å²) in [5, 5.41) is 11.9. The highest BCUT2D eigenvalue weighted by Gasteiger charge is 2.39. The molecule has 2 aliphatic carbocycles. The fraction of sp³-hybridized carbons (Fsp3) is 0.472. The van der Waals surface area contributed by atoms with E-state index in [9.17, 15) is 50.7 Å². The molecule has 3 aliphatic heterocycles. The van der Waals surface area contributed by atoms with Gasteiger partial charge in [0.2, 0.25) is 5.91 Å². The number of carbonyl (C=O) groups excluding carboxylic acids is 5. The number of morpholine rings is 1. The van der Waals surface area contributed by atoms with Crippen molar-refractivity contribution in [2.75, 3.05) is 82.8 Å². The summed E-state index contributed by atoms with van der Waals surface area (Å²) in [5.74, 6) is -2.09. The van der Waals surface area contributed by atoms with E-state index in [4.69, 9.17) is 14.2 Å². The van der Waals surface area contributed by atoms with E-state index >= 15 is 0 Å². The zero-order chi connectivity index (χ0) is 70.1. The average Bonchev–Trinajstić information content (AvgIpc) is 1.58. The predicted octanol–water partition coefficient (Wildman–Crippen LogP) is 9.51. The summed E-state index contributed by atoms with van der Waals surface area (Å²) < 4.78 is 77.1. The van der Waals surface area contributed by atoms with Crippen LogP contribution in [0.2, 0.25) is 0 Å². The zero-order valence-electron chi connectivity index (χ0n) is 57.6. The maximum absolute atomic E-state index is 14.7. The normalized spacial score (nSPS) is 16.7. The van der Waals surface area contributed by atoms with Gasteiger partial charge >= 0.3 is 26.4 Å². The van der Waals surface area contributed by atoms with E-state index in [0.29, 0.717) is 54.5 Å². The Balaban J connectivity index is 0.000000212. The van der Waals surface area contributed by atoms with Crippen LogP contribution >= 0.6 is 0 Å². The Morgan fingerprint density at radius 1 is 0.546 bits per heavy atom. The molecule has 520 valence electrons. The molecular formula is C72H91N9O14S2. The quantitative estimate of drug-likeness (QED) is 0.0723. The summed E-state index contributed by atoms with van der Waals surface area (Å²) in [6.45, 7) is 9.61. The maximum atomic E-state index is 14.7. The predicted molar refractivity (Wildman–Crippen MR) is 373 cm³/mol. The van der Waals surface area contributed by atoms with Crippen molar-refractivity contribution in [1.82, 2.24) is 41.9 Å². The summed E-state index contributed by atoms with van der Waals surface area (Å²) in [5.41, 5.74) is 10.2. The monoisotopic (exact) mass is 1370 g/mol. The third-order valence-electron chi connectivity index (χ3n) is 19.6. The van der Waals surface area contributed by atoms with Gasteiger partial charge in [-0.15, -0.1) is 0 Å². The smallest absolute Gasteiger partial charge is 0.326 e. The zero-order valence-corrected chi connectivity index (χ0v) is 59.2. The number of hydrogen-bond donors (Lipinski definition) is 3. The van der Waals surface area contributed by atoms with Gasteiger partial charge in [-0.1, -0.05) is 78.4 Å². The Kier molecular flexibility index (Phi) is 21.6. The second kappa shape index (κ2) is 29.4. The number of benzene rings is 4. The summed E-state index contributed by atoms with van der Waals surface area (Å²) in [7, 11) is 3.73. The average molecular weight is 1370 g/mol. The first-order valence-corrected chi connectivity index (χ1v) is 36.2. The number of carboxylic acids is 1. The van der Waals surface area contributed by atoms with Crippen LogP contribution in [0.3, 0.4) is 0 Å². The standard InChI is InChI=1S/C38H49N5O7S.C34H42N4O7S/c1-24(2)34(38(46)42-16-18-50-19-17-42)41(5)37(45)28-20-27-21-29(49-6)13-15-30(27)35-33(25-10-8-7-9-11-25)31-14-12-26(22-32(31)43(35)23-28)36(44)39-51(47,48)40(3)4;1-20(2)30(34(41)42)37(5)33(40)24-16-23-17-25(45-6)13-15-26(23)31-29(21-10-8-7-9-11-21)27-14-12-22(18-28(27)38(31)19-24)32(39)35-46(43,44)36(3)4/h12-15,20-22,24-25,34H,7-11,16-19,23H2,1-6H3,(H,39,44);12-18,20-21,30H,7-11,19H2,1-6H3,(H,35,39)(H,41,42)/t34-;30-/m00/s1. The minimum Gasteiger partial charge on any atom is -0.497 e. The maximum Gasteiger partial charge on any atom is 0.326 e. The Morgan fingerprint density at radius 3 is 1.30 bits per heavy atom. The molecule has 11 rings (SSSR count). The molecule has 1 saturated heterocycles. The minimum atomic E-state index is -4.02. The van der Waals surface area contributed by atoms with E-state index < -0.39 is 56.2 Å². The van der Waals surface area contributed by atoms with E-state index in [0.717, 1.165) is 122 Å². The first kappa shape index (κ1) is 71.4. The van der Waals surface area contributed by atoms with Crippen LogP contribution in [-0.4, -0.2) is 185 Å². The van der Waals surface area contributed by atoms with E-state index in [-0.39, 0.29) is 59.7 Å². The summed E-state index contributed by atoms with van der Waals surface area (Å²) in [6.07, 6.45) is 14.5. The Morgan fingerprint density at radius 2 is 0.938 bits per heavy atom. The van der Waals surface area contributed by atoms with E-state index in [1.165, 1.54) is 52.1 Å². The summed E-state index contributed by atoms with van der Waals surface area (Å²) in [4.78, 5) is 86.1. The molecule has 0 radical (unpaired) electrons. The number of ether oxygens (including phenoxy) is 3. The van der Waals surface area contributed by atoms with Crippen LogP contribution in [0.25, 0.3) is 56.5 Å². The van der Waals surface area contributed by atoms with Crippen LogP contribution in [-0.2, 0) is 57.4 Å². The van der Waals surface area contributed by atoms with E-state index in [1.54, 1.807) is 75.3 Å². The van der Waals surface area contributed by atoms with Gasteiger partial charge in [0, 0.05) is 111 Å². The van der Waals surface area contributed by atoms with Crippen LogP contribution in [0, 0.1) is 11.8 Å². The molecule has 3 N–H and O–H groups in total. The van der Waals surface area contributed by atoms with Gasteiger partial charge in [0.05, 0.1) is 51.9 Å². The minimum absolute atomic E-state index is 0.101. The SMILES string of the molecule is COc1ccc2c(c1)C=C(C(=O)N(C)[C@H](C(=O)N1CCOCC1)C(C)C)Cn1c-2c(C2CCCCC2)c2ccc(C(=O)NS(=O)(=O)N(C)C)cc21.COc1ccc2c(c1)C=C(C(=O)N(C)[C@H](C(=O)O)C(C)C)Cn1c-2c(C2CCCCC2)c2ccc(C(=O)NS(=O)(=O)N(C)C)cc21. The van der Waals surface area contributed by atoms with Gasteiger partial charge in [0.25, 0.3) is 23.6 Å². The van der Waals surface area contributed by atoms with Crippen LogP contribution in [0.15, 0.2) is 83.9 Å². The van der Waals surface area contributed by atoms with Crippen LogP contribution in [0.1, 0.15) is 147 Å². The lowest BCUT2D eigenvalue weighted by atomic mass is 9.81. The fourth-order valence-corrected chi connectivity index (χ4v) is 15.7. The fourth-order valence-electron chi connectivity index (χ4n) is 14.6. The molecule has 5 heterocycles. The Hall–Kier alpha value is -8.36. The number of rotatable bonds is 18. The number of carboxylic acid groups (broad SMARTS) is 1. The van der Waals surface area contributed by atoms with Crippen LogP contribution in [0.4, 0.5) is 0 Å². The van der Waals surface area contributed by atoms with Crippen LogP contribution in [0.5, 0.6) is 11.5 Å². The molecule has 5 aliphatic rings. The van der Waals surface area contributed by atoms with E-state index in [2.05, 4.69) is 14.0 Å². The molecule has 25 heteroatoms. The number of nitrogens with zero attached hydrogens (tertiary/aromatic N) is 7. The van der Waals surface area contributed by atoms with Crippen molar-refractivity contribution < 1.29 is 64.9 Å². The Bertz CT molecular complexity index is 4360. The molecular weight excluding hydrogens is 1280 g/mol. The number of carbonyl (C=O) groups is 6. The van der Waals surface area contributed by atoms with Crippen LogP contribution < -0.4 is 18.9 Å². The second-order valence-electron chi connectivity index (χ2n) is 27.0. The molecule has 3 fully saturated rings. The number of fused-ring (bicyclic) bond motifs is 10. The number of methoxy groups -OCH3 is 2. The lowest BCUT2D eigenvalue weighted by Crippen LogP contribution is -2.54. The number of aromatic nitrogens is 2. The topological polar surface area (TPSA) is 269 Å². The van der Waals surface area contributed by atoms with Crippen molar-refractivity contribution in [1.29, 1.82) is 0 Å². The summed E-state index contributed by atoms with van der Waals surface area (Å²) in [6, 6.07) is 20.4. The lowest BCUT2D eigenvalue weighted by Gasteiger charge is -2.36. The molecule has 0 bridgehead atoms. The van der Waals surface area contributed by atoms with Crippen molar-refractivity contribution >= 4 is 89.9 Å². The first-order valence-electron chi connectivity index (χ1n) is 33.3. The number of likely N-dealkylation sites (N-methyl/N-ethyl adjacent to an activating group) is 2. The van der Waals surface area contributed by atoms with Gasteiger partial charge in [-0.05, 0) is 144 Å². The van der Waals surface area contributed by atoms with Crippen molar-refractivity contribution in [3.05, 3.63) is 117 Å². The molecule has 0 spiro atoms. The van der Waals surface area contributed by atoms with Gasteiger partial charge in [-0.2, -0.15) is 25.4 Å². The molecule has 5 amide bonds. The molecule has 2 saturated carbocycles. The second-order valence-corrected chi connectivity index (χ2v) is 30.8. The van der Waals surface area contributed by atoms with Gasteiger partial charge in [0.1, 0.15) is 23.6 Å². The van der Waals surface area contributed by atoms with Gasteiger partial charge in [-0.25, -0.2) is 14.2 Å². The van der Waals surface area contributed by atoms with Gasteiger partial charge in [0.15, 0.2) is 0 Å². The van der Waals surface area contributed by atoms with E-state index in [1.807, 2.05) is 73.0 Å². The largest absolute Gasteiger partial charge is 0.497 e. The molecule has 6 aromatic rings. The van der Waals surface area contributed by atoms with Crippen molar-refractivity contribution in [2.45, 2.75) is 129 Å². The van der Waals surface area contributed by atoms with Gasteiger partial charge in [-0.3, -0.25) is 24.0 Å². The molecule has 0 unspecified atom stereocenters. The molecule has 2 aromatic heterocycles. The molecule has 23 nitrogen and oxygen atoms in total. The van der Waals surface area contributed by atoms with Gasteiger partial charge < -0.3 is 43.2 Å². The molecule has 2 atom stereocenters. The third kappa shape index (κ3) is 14.6. The highest BCUT2D eigenvalue weighted by atomic mass is 32.2. The molecule has 4 aromatic carbocycles. The number of aliphatic carboxylic acids is 1. The number of nitrogens with one attached hydrogen (secondary N) is 2. The Labute approximate surface area is 568 Å². The van der Waals surface area contributed by atoms with Crippen molar-refractivity contribution in [2.24, 2.45) is 11.8 Å². The highest BCUT2D eigenvalue weighted by Crippen LogP contribution is 2.49. The highest BCUT2D eigenvalue weighted by molar-refractivity contribution is 7.88.